The minimum absolute atomic E-state index is 0.107. The van der Waals surface area contributed by atoms with Crippen molar-refractivity contribution in [1.82, 2.24) is 0 Å². The van der Waals surface area contributed by atoms with Crippen LogP contribution in [0.25, 0.3) is 0 Å². The van der Waals surface area contributed by atoms with Crippen molar-refractivity contribution in [2.45, 2.75) is 322 Å². The predicted molar refractivity (Wildman–Crippen MR) is 362 cm³/mol. The molecule has 0 fully saturated rings. The summed E-state index contributed by atoms with van der Waals surface area (Å²) in [5.41, 5.74) is 0. The van der Waals surface area contributed by atoms with E-state index < -0.39 is 6.10 Å². The van der Waals surface area contributed by atoms with E-state index in [0.717, 1.165) is 116 Å². The SMILES string of the molecule is CC/C=C\C/C=C\C/C=C\C/C=C\C/C=C\C/C=C\C/C=C\CCCC(=O)OC(COC(=O)CCCCCCCCC/C=C\C/C=C\C/C=C\CC)COC(=O)CCCCCCCCCCCCCCC/C=C\CCCCCCCCCC. The van der Waals surface area contributed by atoms with E-state index in [1.807, 2.05) is 0 Å². The normalized spacial score (nSPS) is 13.0. The molecule has 6 heteroatoms. The van der Waals surface area contributed by atoms with Gasteiger partial charge in [-0.15, -0.1) is 0 Å². The van der Waals surface area contributed by atoms with Gasteiger partial charge in [0.05, 0.1) is 0 Å². The number of carbonyl (C=O) groups excluding carboxylic acids is 3. The molecule has 1 unspecified atom stereocenters. The Morgan fingerprint density at radius 2 is 0.482 bits per heavy atom. The largest absolute Gasteiger partial charge is 0.462 e. The summed E-state index contributed by atoms with van der Waals surface area (Å²) in [6, 6.07) is 0. The van der Waals surface area contributed by atoms with Crippen molar-refractivity contribution in [3.05, 3.63) is 134 Å². The number of esters is 3. The van der Waals surface area contributed by atoms with Crippen molar-refractivity contribution < 1.29 is 28.6 Å². The van der Waals surface area contributed by atoms with Crippen molar-refractivity contribution >= 4 is 17.9 Å². The summed E-state index contributed by atoms with van der Waals surface area (Å²) in [5.74, 6) is -0.970. The lowest BCUT2D eigenvalue weighted by Crippen LogP contribution is -2.30. The van der Waals surface area contributed by atoms with Gasteiger partial charge < -0.3 is 14.2 Å². The van der Waals surface area contributed by atoms with Gasteiger partial charge in [0.15, 0.2) is 6.10 Å². The van der Waals surface area contributed by atoms with Crippen molar-refractivity contribution in [3.8, 4) is 0 Å². The summed E-state index contributed by atoms with van der Waals surface area (Å²) in [5, 5.41) is 0. The molecule has 6 nitrogen and oxygen atoms in total. The zero-order valence-corrected chi connectivity index (χ0v) is 54.2. The number of unbranched alkanes of at least 4 members (excludes halogenated alkanes) is 29. The van der Waals surface area contributed by atoms with Crippen LogP contribution in [0.5, 0.6) is 0 Å². The Labute approximate surface area is 513 Å². The molecule has 0 aromatic heterocycles. The van der Waals surface area contributed by atoms with Crippen molar-refractivity contribution in [2.24, 2.45) is 0 Å². The Morgan fingerprint density at radius 3 is 0.783 bits per heavy atom. The van der Waals surface area contributed by atoms with Crippen LogP contribution in [0.4, 0.5) is 0 Å². The summed E-state index contributed by atoms with van der Waals surface area (Å²) in [7, 11) is 0. The van der Waals surface area contributed by atoms with Crippen LogP contribution in [-0.4, -0.2) is 37.2 Å². The van der Waals surface area contributed by atoms with Gasteiger partial charge in [0.25, 0.3) is 0 Å². The van der Waals surface area contributed by atoms with Gasteiger partial charge in [-0.1, -0.05) is 302 Å². The molecule has 83 heavy (non-hydrogen) atoms. The minimum Gasteiger partial charge on any atom is -0.462 e. The number of hydrogen-bond donors (Lipinski definition) is 0. The monoisotopic (exact) mass is 1150 g/mol. The maximum Gasteiger partial charge on any atom is 0.306 e. The number of rotatable bonds is 62. The Kier molecular flexibility index (Phi) is 66.3. The van der Waals surface area contributed by atoms with Gasteiger partial charge in [0, 0.05) is 19.3 Å². The molecule has 0 amide bonds. The Bertz CT molecular complexity index is 1750. The highest BCUT2D eigenvalue weighted by Gasteiger charge is 2.19. The van der Waals surface area contributed by atoms with Crippen LogP contribution in [0, 0.1) is 0 Å². The van der Waals surface area contributed by atoms with Crippen LogP contribution >= 0.6 is 0 Å². The van der Waals surface area contributed by atoms with E-state index in [9.17, 15) is 14.4 Å². The van der Waals surface area contributed by atoms with E-state index in [0.29, 0.717) is 19.3 Å². The quantitative estimate of drug-likeness (QED) is 0.0261. The first-order chi connectivity index (χ1) is 41.0. The number of carbonyl (C=O) groups is 3. The molecule has 0 radical (unpaired) electrons. The second kappa shape index (κ2) is 70.0. The summed E-state index contributed by atoms with van der Waals surface area (Å²) in [6.45, 7) is 6.39. The fourth-order valence-electron chi connectivity index (χ4n) is 9.50. The van der Waals surface area contributed by atoms with Crippen molar-refractivity contribution in [2.75, 3.05) is 13.2 Å². The molecule has 0 N–H and O–H groups in total. The average molecular weight is 1150 g/mol. The Hall–Kier alpha value is -4.45. The third-order valence-corrected chi connectivity index (χ3v) is 14.6. The molecule has 0 saturated carbocycles. The number of hydrogen-bond acceptors (Lipinski definition) is 6. The fourth-order valence-corrected chi connectivity index (χ4v) is 9.50. The van der Waals surface area contributed by atoms with Crippen LogP contribution in [0.15, 0.2) is 134 Å². The zero-order chi connectivity index (χ0) is 59.9. The van der Waals surface area contributed by atoms with Gasteiger partial charge in [-0.25, -0.2) is 0 Å². The number of allylic oxidation sites excluding steroid dienone is 22. The van der Waals surface area contributed by atoms with Gasteiger partial charge in [-0.3, -0.25) is 14.4 Å². The Balaban J connectivity index is 4.46. The first kappa shape index (κ1) is 78.5. The molecule has 0 bridgehead atoms. The molecule has 0 aromatic rings. The topological polar surface area (TPSA) is 78.9 Å². The van der Waals surface area contributed by atoms with Crippen LogP contribution in [0.1, 0.15) is 316 Å². The lowest BCUT2D eigenvalue weighted by atomic mass is 10.0. The second-order valence-corrected chi connectivity index (χ2v) is 22.7. The van der Waals surface area contributed by atoms with E-state index >= 15 is 0 Å². The molecule has 0 rings (SSSR count). The lowest BCUT2D eigenvalue weighted by Gasteiger charge is -2.18. The second-order valence-electron chi connectivity index (χ2n) is 22.7. The van der Waals surface area contributed by atoms with Gasteiger partial charge >= 0.3 is 17.9 Å². The summed E-state index contributed by atoms with van der Waals surface area (Å²) < 4.78 is 16.9. The first-order valence-electron chi connectivity index (χ1n) is 34.7. The van der Waals surface area contributed by atoms with Crippen LogP contribution in [-0.2, 0) is 28.6 Å². The zero-order valence-electron chi connectivity index (χ0n) is 54.2. The standard InChI is InChI=1S/C77H128O6/c1-4-7-10-13-16-19-22-25-28-31-33-35-37-38-40-41-43-46-49-52-55-58-61-64-67-70-76(79)82-73-74(72-81-75(78)69-66-63-60-57-54-51-48-45-30-27-24-21-18-15-12-9-6-3)83-77(80)71-68-65-62-59-56-53-50-47-44-42-39-36-34-32-29-26-23-20-17-14-11-8-5-2/h8-9,11-12,17-18,20-21,26-27,29-31,33-34,36,42,44,50,53,59,62,74H,4-7,10,13-16,19,22-25,28,32,35,37-41,43,45-49,51-52,54-58,60-61,63-73H2,1-3H3/b11-8-,12-9-,20-17-,21-18-,29-26-,30-27-,33-31-,36-34-,44-42-,53-50-,62-59-. The maximum absolute atomic E-state index is 12.9. The minimum atomic E-state index is -0.820. The van der Waals surface area contributed by atoms with Gasteiger partial charge in [-0.05, 0) is 128 Å². The van der Waals surface area contributed by atoms with Gasteiger partial charge in [0.1, 0.15) is 13.2 Å². The third-order valence-electron chi connectivity index (χ3n) is 14.6. The first-order valence-corrected chi connectivity index (χ1v) is 34.7. The van der Waals surface area contributed by atoms with E-state index in [1.165, 1.54) is 154 Å². The fraction of sp³-hybridized carbons (Fsp3) is 0.675. The van der Waals surface area contributed by atoms with Crippen molar-refractivity contribution in [3.63, 3.8) is 0 Å². The number of ether oxygens (including phenoxy) is 3. The smallest absolute Gasteiger partial charge is 0.306 e. The lowest BCUT2D eigenvalue weighted by molar-refractivity contribution is -0.167. The predicted octanol–water partition coefficient (Wildman–Crippen LogP) is 24.1. The van der Waals surface area contributed by atoms with Crippen LogP contribution < -0.4 is 0 Å². The van der Waals surface area contributed by atoms with E-state index in [4.69, 9.17) is 14.2 Å². The summed E-state index contributed by atoms with van der Waals surface area (Å²) in [6.07, 6.45) is 99.1. The van der Waals surface area contributed by atoms with E-state index in [2.05, 4.69) is 154 Å². The van der Waals surface area contributed by atoms with Crippen LogP contribution in [0.2, 0.25) is 0 Å². The van der Waals surface area contributed by atoms with E-state index in [1.54, 1.807) is 0 Å². The molecular weight excluding hydrogens is 1020 g/mol. The molecule has 0 spiro atoms. The van der Waals surface area contributed by atoms with E-state index in [-0.39, 0.29) is 37.5 Å². The molecule has 0 aromatic carbocycles. The third kappa shape index (κ3) is 68.2. The molecule has 1 atom stereocenters. The summed E-state index contributed by atoms with van der Waals surface area (Å²) in [4.78, 5) is 38.4. The maximum atomic E-state index is 12.9. The molecule has 0 aliphatic carbocycles. The van der Waals surface area contributed by atoms with Crippen LogP contribution in [0.3, 0.4) is 0 Å². The molecule has 0 heterocycles. The molecule has 0 saturated heterocycles. The average Bonchev–Trinajstić information content (AvgIpc) is 3.49. The molecular formula is C77H128O6. The Morgan fingerprint density at radius 1 is 0.253 bits per heavy atom. The highest BCUT2D eigenvalue weighted by atomic mass is 16.6. The molecule has 0 aliphatic heterocycles. The highest BCUT2D eigenvalue weighted by Crippen LogP contribution is 2.16. The van der Waals surface area contributed by atoms with Gasteiger partial charge in [0.2, 0.25) is 0 Å². The molecule has 0 aliphatic rings. The van der Waals surface area contributed by atoms with Crippen molar-refractivity contribution in [1.29, 1.82) is 0 Å². The molecule has 472 valence electrons. The van der Waals surface area contributed by atoms with Gasteiger partial charge in [-0.2, -0.15) is 0 Å². The highest BCUT2D eigenvalue weighted by molar-refractivity contribution is 5.71. The summed E-state index contributed by atoms with van der Waals surface area (Å²) >= 11 is 0.